The van der Waals surface area contributed by atoms with E-state index in [2.05, 4.69) is 10.3 Å². The molecule has 0 bridgehead atoms. The lowest BCUT2D eigenvalue weighted by atomic mass is 10.1. The molecule has 0 radical (unpaired) electrons. The van der Waals surface area contributed by atoms with Crippen LogP contribution >= 0.6 is 11.3 Å². The lowest BCUT2D eigenvalue weighted by Gasteiger charge is -2.10. The Labute approximate surface area is 150 Å². The molecular formula is C19H20N2O3S. The molecular weight excluding hydrogens is 336 g/mol. The number of benzene rings is 1. The third-order valence-electron chi connectivity index (χ3n) is 3.76. The molecule has 3 aromatic rings. The topological polar surface area (TPSA) is 64.4 Å². The maximum absolute atomic E-state index is 12.5. The van der Waals surface area contributed by atoms with Crippen LogP contribution in [-0.4, -0.2) is 17.5 Å². The second-order valence-corrected chi connectivity index (χ2v) is 6.69. The number of carbonyl (C=O) groups excluding carboxylic acids is 1. The number of ether oxygens (including phenoxy) is 1. The van der Waals surface area contributed by atoms with E-state index in [1.807, 2.05) is 44.2 Å². The average Bonchev–Trinajstić information content (AvgIpc) is 3.28. The summed E-state index contributed by atoms with van der Waals surface area (Å²) < 4.78 is 10.8. The Balaban J connectivity index is 1.69. The first-order chi connectivity index (χ1) is 12.2. The second kappa shape index (κ2) is 8.09. The maximum atomic E-state index is 12.5. The summed E-state index contributed by atoms with van der Waals surface area (Å²) in [5, 5.41) is 3.66. The fraction of sp³-hybridized carbons (Fsp3) is 0.263. The highest BCUT2D eigenvalue weighted by atomic mass is 32.1. The molecule has 0 spiro atoms. The van der Waals surface area contributed by atoms with Crippen molar-refractivity contribution in [2.24, 2.45) is 0 Å². The van der Waals surface area contributed by atoms with Gasteiger partial charge in [0.1, 0.15) is 5.69 Å². The van der Waals surface area contributed by atoms with Gasteiger partial charge in [-0.05, 0) is 37.1 Å². The van der Waals surface area contributed by atoms with E-state index in [4.69, 9.17) is 9.15 Å². The molecule has 0 atom stereocenters. The van der Waals surface area contributed by atoms with Gasteiger partial charge < -0.3 is 14.5 Å². The minimum absolute atomic E-state index is 0.183. The largest absolute Gasteiger partial charge is 0.462 e. The highest BCUT2D eigenvalue weighted by Crippen LogP contribution is 2.27. The summed E-state index contributed by atoms with van der Waals surface area (Å²) in [6, 6.07) is 11.6. The van der Waals surface area contributed by atoms with Crippen LogP contribution in [0.25, 0.3) is 10.8 Å². The van der Waals surface area contributed by atoms with Crippen LogP contribution in [0.1, 0.15) is 33.4 Å². The van der Waals surface area contributed by atoms with E-state index < -0.39 is 0 Å². The highest BCUT2D eigenvalue weighted by Gasteiger charge is 2.17. The van der Waals surface area contributed by atoms with Crippen LogP contribution in [0.5, 0.6) is 0 Å². The molecule has 1 aromatic carbocycles. The molecule has 5 nitrogen and oxygen atoms in total. The monoisotopic (exact) mass is 356 g/mol. The maximum Gasteiger partial charge on any atom is 0.271 e. The van der Waals surface area contributed by atoms with Crippen molar-refractivity contribution in [2.45, 2.75) is 27.0 Å². The fourth-order valence-corrected chi connectivity index (χ4v) is 3.33. The van der Waals surface area contributed by atoms with Crippen LogP contribution in [0.15, 0.2) is 47.1 Å². The molecule has 0 aliphatic rings. The summed E-state index contributed by atoms with van der Waals surface area (Å²) in [7, 11) is 0. The summed E-state index contributed by atoms with van der Waals surface area (Å²) in [6.07, 6.45) is 1.60. The Bertz CT molecular complexity index is 840. The number of hydrogen-bond acceptors (Lipinski definition) is 5. The summed E-state index contributed by atoms with van der Waals surface area (Å²) in [4.78, 5) is 17.8. The van der Waals surface area contributed by atoms with E-state index in [0.29, 0.717) is 36.2 Å². The minimum atomic E-state index is -0.183. The number of hydrogen-bond donors (Lipinski definition) is 1. The van der Waals surface area contributed by atoms with Crippen LogP contribution in [0.2, 0.25) is 0 Å². The highest BCUT2D eigenvalue weighted by molar-refractivity contribution is 7.15. The van der Waals surface area contributed by atoms with Gasteiger partial charge >= 0.3 is 0 Å². The zero-order chi connectivity index (χ0) is 17.6. The predicted molar refractivity (Wildman–Crippen MR) is 97.5 cm³/mol. The molecule has 130 valence electrons. The molecule has 3 rings (SSSR count). The fourth-order valence-electron chi connectivity index (χ4n) is 2.45. The van der Waals surface area contributed by atoms with Gasteiger partial charge in [-0.3, -0.25) is 4.79 Å². The number of nitrogens with one attached hydrogen (secondary N) is 1. The zero-order valence-corrected chi connectivity index (χ0v) is 15.1. The second-order valence-electron chi connectivity index (χ2n) is 5.49. The number of nitrogens with zero attached hydrogens (tertiary/aromatic N) is 1. The number of carbonyl (C=O) groups is 1. The number of furan rings is 1. The van der Waals surface area contributed by atoms with Crippen molar-refractivity contribution in [3.63, 3.8) is 0 Å². The summed E-state index contributed by atoms with van der Waals surface area (Å²) in [5.41, 5.74) is 2.57. The Morgan fingerprint density at radius 2 is 2.04 bits per heavy atom. The molecule has 1 amide bonds. The molecule has 0 saturated heterocycles. The van der Waals surface area contributed by atoms with Gasteiger partial charge in [-0.1, -0.05) is 24.3 Å². The summed E-state index contributed by atoms with van der Waals surface area (Å²) in [6.45, 7) is 5.50. The molecule has 1 N–H and O–H groups in total. The van der Waals surface area contributed by atoms with Gasteiger partial charge in [-0.15, -0.1) is 11.3 Å². The number of aromatic nitrogens is 1. The van der Waals surface area contributed by atoms with Gasteiger partial charge in [-0.25, -0.2) is 4.98 Å². The molecule has 6 heteroatoms. The van der Waals surface area contributed by atoms with Gasteiger partial charge in [0.05, 0.1) is 12.9 Å². The standard InChI is InChI=1S/C19H20N2O3S/c1-3-23-12-15-8-5-4-7-14(15)11-20-18(22)17-13(2)25-19(21-17)16-9-6-10-24-16/h4-10H,3,11-12H2,1-2H3,(H,20,22). The van der Waals surface area contributed by atoms with Gasteiger partial charge in [0, 0.05) is 18.0 Å². The lowest BCUT2D eigenvalue weighted by molar-refractivity contribution is 0.0945. The molecule has 0 aliphatic carbocycles. The molecule has 0 aliphatic heterocycles. The number of rotatable bonds is 7. The van der Waals surface area contributed by atoms with E-state index in [1.54, 1.807) is 12.3 Å². The van der Waals surface area contributed by atoms with Gasteiger partial charge in [0.25, 0.3) is 5.91 Å². The van der Waals surface area contributed by atoms with Crippen molar-refractivity contribution in [2.75, 3.05) is 6.61 Å². The third kappa shape index (κ3) is 4.15. The SMILES string of the molecule is CCOCc1ccccc1CNC(=O)c1nc(-c2ccco2)sc1C. The van der Waals surface area contributed by atoms with Crippen molar-refractivity contribution >= 4 is 17.2 Å². The van der Waals surface area contributed by atoms with Crippen molar-refractivity contribution in [1.82, 2.24) is 10.3 Å². The lowest BCUT2D eigenvalue weighted by Crippen LogP contribution is -2.24. The van der Waals surface area contributed by atoms with Crippen molar-refractivity contribution in [1.29, 1.82) is 0 Å². The molecule has 0 fully saturated rings. The van der Waals surface area contributed by atoms with E-state index in [9.17, 15) is 4.79 Å². The Kier molecular flexibility index (Phi) is 5.63. The summed E-state index contributed by atoms with van der Waals surface area (Å²) >= 11 is 1.45. The average molecular weight is 356 g/mol. The molecule has 25 heavy (non-hydrogen) atoms. The van der Waals surface area contributed by atoms with Crippen molar-refractivity contribution < 1.29 is 13.9 Å². The Hall–Kier alpha value is -2.44. The third-order valence-corrected chi connectivity index (χ3v) is 4.75. The smallest absolute Gasteiger partial charge is 0.271 e. The van der Waals surface area contributed by atoms with E-state index in [1.165, 1.54) is 11.3 Å². The predicted octanol–water partition coefficient (Wildman–Crippen LogP) is 4.18. The van der Waals surface area contributed by atoms with E-state index in [-0.39, 0.29) is 5.91 Å². The Morgan fingerprint density at radius 1 is 1.24 bits per heavy atom. The summed E-state index contributed by atoms with van der Waals surface area (Å²) in [5.74, 6) is 0.493. The number of aryl methyl sites for hydroxylation is 1. The number of thiazole rings is 1. The van der Waals surface area contributed by atoms with Gasteiger partial charge in [-0.2, -0.15) is 0 Å². The first kappa shape index (κ1) is 17.4. The molecule has 2 heterocycles. The van der Waals surface area contributed by atoms with Crippen molar-refractivity contribution in [3.8, 4) is 10.8 Å². The molecule has 2 aromatic heterocycles. The first-order valence-electron chi connectivity index (χ1n) is 8.13. The first-order valence-corrected chi connectivity index (χ1v) is 8.94. The van der Waals surface area contributed by atoms with E-state index in [0.717, 1.165) is 16.0 Å². The van der Waals surface area contributed by atoms with Crippen molar-refractivity contribution in [3.05, 3.63) is 64.4 Å². The van der Waals surface area contributed by atoms with Crippen LogP contribution in [0, 0.1) is 6.92 Å². The van der Waals surface area contributed by atoms with Crippen LogP contribution in [0.4, 0.5) is 0 Å². The molecule has 0 saturated carbocycles. The quantitative estimate of drug-likeness (QED) is 0.690. The van der Waals surface area contributed by atoms with Crippen LogP contribution < -0.4 is 5.32 Å². The van der Waals surface area contributed by atoms with Gasteiger partial charge in [0.15, 0.2) is 10.8 Å². The molecule has 0 unspecified atom stereocenters. The van der Waals surface area contributed by atoms with E-state index >= 15 is 0 Å². The Morgan fingerprint density at radius 3 is 2.76 bits per heavy atom. The van der Waals surface area contributed by atoms with Crippen LogP contribution in [-0.2, 0) is 17.9 Å². The van der Waals surface area contributed by atoms with Crippen LogP contribution in [0.3, 0.4) is 0 Å². The zero-order valence-electron chi connectivity index (χ0n) is 14.2. The number of amides is 1. The minimum Gasteiger partial charge on any atom is -0.462 e. The normalized spacial score (nSPS) is 10.8. The van der Waals surface area contributed by atoms with Gasteiger partial charge in [0.2, 0.25) is 0 Å².